The summed E-state index contributed by atoms with van der Waals surface area (Å²) >= 11 is 0. The fraction of sp³-hybridized carbons (Fsp3) is 0.294. The monoisotopic (exact) mass is 985 g/mol. The zero-order valence-electron chi connectivity index (χ0n) is 44.8. The average molecular weight is 985 g/mol. The molecule has 0 spiro atoms. The minimum absolute atomic E-state index is 0.175. The maximum atomic E-state index is 13.2. The van der Waals surface area contributed by atoms with E-state index >= 15 is 0 Å². The summed E-state index contributed by atoms with van der Waals surface area (Å²) in [7, 11) is -2.18. The Kier molecular flexibility index (Phi) is 14.1. The largest absolute Gasteiger partial charge is 0.507 e. The van der Waals surface area contributed by atoms with Gasteiger partial charge in [-0.3, -0.25) is 0 Å². The Labute approximate surface area is 434 Å². The Morgan fingerprint density at radius 3 is 0.639 bits per heavy atom. The Balaban J connectivity index is 1.45. The Morgan fingerprint density at radius 2 is 0.458 bits per heavy atom. The highest BCUT2D eigenvalue weighted by atomic mass is 31.1. The van der Waals surface area contributed by atoms with Crippen LogP contribution in [0, 0.1) is 0 Å². The molecule has 2 nitrogen and oxygen atoms in total. The van der Waals surface area contributed by atoms with Gasteiger partial charge in [-0.2, -0.15) is 0 Å². The lowest BCUT2D eigenvalue weighted by Crippen LogP contribution is -2.29. The Bertz CT molecular complexity index is 2820. The quantitative estimate of drug-likeness (QED) is 0.163. The second-order valence-corrected chi connectivity index (χ2v) is 28.6. The molecule has 0 heterocycles. The van der Waals surface area contributed by atoms with Gasteiger partial charge in [-0.15, -0.1) is 0 Å². The van der Waals surface area contributed by atoms with Crippen molar-refractivity contribution in [1.82, 2.24) is 0 Å². The topological polar surface area (TPSA) is 40.5 Å². The van der Waals surface area contributed by atoms with Crippen molar-refractivity contribution >= 4 is 47.7 Å². The number of fused-ring (bicyclic) bond motifs is 8. The molecular weight excluding hydrogens is 911 g/mol. The third-order valence-electron chi connectivity index (χ3n) is 14.6. The van der Waals surface area contributed by atoms with Gasteiger partial charge in [0.25, 0.3) is 0 Å². The summed E-state index contributed by atoms with van der Waals surface area (Å²) in [5.41, 5.74) is 12.9. The van der Waals surface area contributed by atoms with Crippen LogP contribution >= 0.6 is 15.8 Å². The smallest absolute Gasteiger partial charge is 0.122 e. The third-order valence-corrected chi connectivity index (χ3v) is 19.9. The molecule has 4 heteroatoms. The summed E-state index contributed by atoms with van der Waals surface area (Å²) in [6.45, 7) is 27.6. The van der Waals surface area contributed by atoms with E-state index in [9.17, 15) is 10.2 Å². The highest BCUT2D eigenvalue weighted by Crippen LogP contribution is 2.45. The molecule has 8 aromatic carbocycles. The lowest BCUT2D eigenvalue weighted by atomic mass is 9.79. The lowest BCUT2D eigenvalue weighted by Gasteiger charge is -2.31. The molecule has 0 atom stereocenters. The molecule has 2 N–H and O–H groups in total. The van der Waals surface area contributed by atoms with Crippen LogP contribution < -0.4 is 31.8 Å². The molecule has 0 saturated heterocycles. The second kappa shape index (κ2) is 19.9. The molecule has 1 aliphatic carbocycles. The molecule has 72 heavy (non-hydrogen) atoms. The fourth-order valence-electron chi connectivity index (χ4n) is 10.4. The maximum Gasteiger partial charge on any atom is 0.122 e. The van der Waals surface area contributed by atoms with Crippen LogP contribution in [-0.2, 0) is 47.3 Å². The molecule has 0 amide bonds. The number of benzene rings is 8. The van der Waals surface area contributed by atoms with Crippen molar-refractivity contribution in [1.29, 1.82) is 0 Å². The van der Waals surface area contributed by atoms with Crippen LogP contribution in [0.3, 0.4) is 0 Å². The highest BCUT2D eigenvalue weighted by Gasteiger charge is 2.32. The van der Waals surface area contributed by atoms with Crippen LogP contribution in [0.25, 0.3) is 0 Å². The molecule has 0 aromatic heterocycles. The number of phenols is 2. The summed E-state index contributed by atoms with van der Waals surface area (Å²) in [6.07, 6.45) is 2.20. The average Bonchev–Trinajstić information content (AvgIpc) is 3.32. The lowest BCUT2D eigenvalue weighted by molar-refractivity contribution is 0.462. The molecule has 9 rings (SSSR count). The summed E-state index contributed by atoms with van der Waals surface area (Å²) in [5.74, 6) is 0.755. The van der Waals surface area contributed by atoms with Crippen LogP contribution in [-0.4, -0.2) is 10.2 Å². The standard InChI is InChI=1S/C68H74O2P2/c1-65(2,3)53-37-45-33-49-41-55(67(7,8)9)43-51(63(49)71(57-25-17-13-18-26-57)58-27-19-14-20-28-58)35-47-39-54(66(4,5)6)40-48(62(47)70)36-52-44-56(68(10,11)12)42-50(34-46(38-53)61(45)69)64(52)72(59-29-21-15-22-30-59)60-31-23-16-24-32-60/h13-32,37-44,69-70H,33-36H2,1-12H3. The zero-order valence-corrected chi connectivity index (χ0v) is 46.6. The number of phenolic OH excluding ortho intramolecular Hbond substituents is 2. The predicted molar refractivity (Wildman–Crippen MR) is 313 cm³/mol. The summed E-state index contributed by atoms with van der Waals surface area (Å²) in [6, 6.07) is 63.1. The van der Waals surface area contributed by atoms with Gasteiger partial charge in [0.15, 0.2) is 0 Å². The van der Waals surface area contributed by atoms with Crippen molar-refractivity contribution in [3.05, 3.63) is 237 Å². The number of hydrogen-bond acceptors (Lipinski definition) is 2. The first-order valence-corrected chi connectivity index (χ1v) is 28.6. The number of aromatic hydroxyl groups is 2. The van der Waals surface area contributed by atoms with Gasteiger partial charge >= 0.3 is 0 Å². The molecule has 1 aliphatic rings. The van der Waals surface area contributed by atoms with Gasteiger partial charge in [0, 0.05) is 25.7 Å². The molecule has 0 aliphatic heterocycles. The van der Waals surface area contributed by atoms with E-state index in [2.05, 4.69) is 253 Å². The first kappa shape index (κ1) is 51.1. The zero-order chi connectivity index (χ0) is 51.3. The van der Waals surface area contributed by atoms with Gasteiger partial charge < -0.3 is 10.2 Å². The fourth-order valence-corrected chi connectivity index (χ4v) is 15.6. The maximum absolute atomic E-state index is 13.2. The Hall–Kier alpha value is -5.78. The van der Waals surface area contributed by atoms with Crippen LogP contribution in [0.1, 0.15) is 150 Å². The molecule has 0 unspecified atom stereocenters. The van der Waals surface area contributed by atoms with Gasteiger partial charge in [-0.05, 0) is 136 Å². The summed E-state index contributed by atoms with van der Waals surface area (Å²) < 4.78 is 0. The van der Waals surface area contributed by atoms with Crippen molar-refractivity contribution in [2.75, 3.05) is 0 Å². The van der Waals surface area contributed by atoms with Crippen molar-refractivity contribution in [3.8, 4) is 11.5 Å². The first-order valence-electron chi connectivity index (χ1n) is 25.9. The predicted octanol–water partition coefficient (Wildman–Crippen LogP) is 14.5. The summed E-state index contributed by atoms with van der Waals surface area (Å²) in [5, 5.41) is 34.1. The van der Waals surface area contributed by atoms with Gasteiger partial charge in [-0.1, -0.05) is 253 Å². The molecule has 0 radical (unpaired) electrons. The third kappa shape index (κ3) is 10.8. The molecule has 8 aromatic rings. The van der Waals surface area contributed by atoms with Crippen LogP contribution in [0.15, 0.2) is 170 Å². The molecule has 8 bridgehead atoms. The van der Waals surface area contributed by atoms with E-state index < -0.39 is 15.8 Å². The van der Waals surface area contributed by atoms with Crippen molar-refractivity contribution in [3.63, 3.8) is 0 Å². The van der Waals surface area contributed by atoms with Crippen molar-refractivity contribution in [2.24, 2.45) is 0 Å². The molecule has 0 saturated carbocycles. The molecular formula is C68H74O2P2. The highest BCUT2D eigenvalue weighted by molar-refractivity contribution is 7.80. The van der Waals surface area contributed by atoms with Gasteiger partial charge in [-0.25, -0.2) is 0 Å². The molecule has 368 valence electrons. The minimum atomic E-state index is -1.09. The van der Waals surface area contributed by atoms with Crippen LogP contribution in [0.4, 0.5) is 0 Å². The van der Waals surface area contributed by atoms with Crippen molar-refractivity contribution in [2.45, 2.75) is 130 Å². The summed E-state index contributed by atoms with van der Waals surface area (Å²) in [4.78, 5) is 0. The van der Waals surface area contributed by atoms with Crippen molar-refractivity contribution < 1.29 is 10.2 Å². The van der Waals surface area contributed by atoms with Gasteiger partial charge in [0.1, 0.15) is 11.5 Å². The van der Waals surface area contributed by atoms with E-state index in [-0.39, 0.29) is 21.7 Å². The van der Waals surface area contributed by atoms with Crippen LogP contribution in [0.2, 0.25) is 0 Å². The van der Waals surface area contributed by atoms with Crippen LogP contribution in [0.5, 0.6) is 11.5 Å². The normalized spacial score (nSPS) is 13.4. The van der Waals surface area contributed by atoms with E-state index in [1.54, 1.807) is 0 Å². The van der Waals surface area contributed by atoms with E-state index in [0.29, 0.717) is 37.2 Å². The van der Waals surface area contributed by atoms with E-state index in [4.69, 9.17) is 0 Å². The number of hydrogen-bond donors (Lipinski definition) is 2. The first-order chi connectivity index (χ1) is 34.0. The van der Waals surface area contributed by atoms with E-state index in [1.165, 1.54) is 76.3 Å². The molecule has 0 fully saturated rings. The van der Waals surface area contributed by atoms with E-state index in [0.717, 1.165) is 22.3 Å². The van der Waals surface area contributed by atoms with E-state index in [1.807, 2.05) is 0 Å². The second-order valence-electron chi connectivity index (χ2n) is 24.3. The SMILES string of the molecule is CC(C)(C)c1cc2c(O)c(c1)Cc1cc(C(C)(C)C)cc(c1P(c1ccccc1)c1ccccc1)Cc1cc(C(C)(C)C)cc(c1O)Cc1cc(C(C)(C)C)cc(c1P(c1ccccc1)c1ccccc1)C2. The number of rotatable bonds is 6. The van der Waals surface area contributed by atoms with Gasteiger partial charge in [0.2, 0.25) is 0 Å². The minimum Gasteiger partial charge on any atom is -0.507 e. The van der Waals surface area contributed by atoms with Gasteiger partial charge in [0.05, 0.1) is 0 Å². The Morgan fingerprint density at radius 1 is 0.278 bits per heavy atom.